The van der Waals surface area contributed by atoms with Gasteiger partial charge < -0.3 is 10.1 Å². The van der Waals surface area contributed by atoms with Gasteiger partial charge in [-0.3, -0.25) is 4.79 Å². The lowest BCUT2D eigenvalue weighted by Crippen LogP contribution is -2.20. The van der Waals surface area contributed by atoms with Gasteiger partial charge in [-0.25, -0.2) is 4.39 Å². The van der Waals surface area contributed by atoms with Gasteiger partial charge in [0.25, 0.3) is 0 Å². The van der Waals surface area contributed by atoms with Crippen molar-refractivity contribution in [3.8, 4) is 5.75 Å². The molecule has 0 heterocycles. The van der Waals surface area contributed by atoms with Crippen LogP contribution in [0, 0.1) is 11.7 Å². The SMILES string of the molecule is CCOc1ccc([C@H]2CC[C@@H](CC(=O)Nc3ccc(F)cc3)CC2)cc1. The van der Waals surface area contributed by atoms with Crippen LogP contribution in [-0.2, 0) is 4.79 Å². The van der Waals surface area contributed by atoms with Crippen LogP contribution in [0.2, 0.25) is 0 Å². The molecule has 1 aliphatic carbocycles. The Morgan fingerprint density at radius 2 is 1.69 bits per heavy atom. The first-order valence-electron chi connectivity index (χ1n) is 9.42. The van der Waals surface area contributed by atoms with E-state index in [0.717, 1.165) is 31.4 Å². The normalized spacial score (nSPS) is 19.8. The number of carbonyl (C=O) groups is 1. The number of amides is 1. The van der Waals surface area contributed by atoms with Crippen LogP contribution in [0.1, 0.15) is 50.5 Å². The zero-order chi connectivity index (χ0) is 18.4. The molecule has 1 amide bonds. The molecule has 0 bridgehead atoms. The van der Waals surface area contributed by atoms with Crippen molar-refractivity contribution in [2.45, 2.75) is 44.9 Å². The lowest BCUT2D eigenvalue weighted by atomic mass is 9.77. The topological polar surface area (TPSA) is 38.3 Å². The fourth-order valence-corrected chi connectivity index (χ4v) is 3.71. The van der Waals surface area contributed by atoms with E-state index in [1.807, 2.05) is 19.1 Å². The first-order valence-corrected chi connectivity index (χ1v) is 9.42. The van der Waals surface area contributed by atoms with Gasteiger partial charge in [-0.15, -0.1) is 0 Å². The first-order chi connectivity index (χ1) is 12.6. The summed E-state index contributed by atoms with van der Waals surface area (Å²) in [6, 6.07) is 14.3. The molecule has 3 nitrogen and oxygen atoms in total. The molecule has 1 N–H and O–H groups in total. The van der Waals surface area contributed by atoms with E-state index in [9.17, 15) is 9.18 Å². The summed E-state index contributed by atoms with van der Waals surface area (Å²) in [6.07, 6.45) is 4.89. The maximum absolute atomic E-state index is 12.9. The van der Waals surface area contributed by atoms with E-state index in [2.05, 4.69) is 17.4 Å². The molecule has 0 atom stereocenters. The molecule has 1 saturated carbocycles. The highest BCUT2D eigenvalue weighted by Gasteiger charge is 2.24. The Morgan fingerprint density at radius 1 is 1.04 bits per heavy atom. The second kappa shape index (κ2) is 8.84. The van der Waals surface area contributed by atoms with Crippen LogP contribution in [-0.4, -0.2) is 12.5 Å². The summed E-state index contributed by atoms with van der Waals surface area (Å²) in [6.45, 7) is 2.67. The number of carbonyl (C=O) groups excluding carboxylic acids is 1. The van der Waals surface area contributed by atoms with Gasteiger partial charge in [0.2, 0.25) is 5.91 Å². The molecule has 2 aromatic carbocycles. The predicted octanol–water partition coefficient (Wildman–Crippen LogP) is 5.53. The highest BCUT2D eigenvalue weighted by molar-refractivity contribution is 5.90. The summed E-state index contributed by atoms with van der Waals surface area (Å²) in [4.78, 5) is 12.2. The van der Waals surface area contributed by atoms with Crippen molar-refractivity contribution in [2.24, 2.45) is 5.92 Å². The molecule has 1 fully saturated rings. The van der Waals surface area contributed by atoms with Gasteiger partial charge in [0.05, 0.1) is 6.61 Å². The minimum Gasteiger partial charge on any atom is -0.494 e. The average Bonchev–Trinajstić information content (AvgIpc) is 2.65. The number of ether oxygens (including phenoxy) is 1. The van der Waals surface area contributed by atoms with Crippen LogP contribution >= 0.6 is 0 Å². The molecule has 0 saturated heterocycles. The summed E-state index contributed by atoms with van der Waals surface area (Å²) in [7, 11) is 0. The van der Waals surface area contributed by atoms with Gasteiger partial charge in [-0.05, 0) is 86.4 Å². The average molecular weight is 355 g/mol. The zero-order valence-electron chi connectivity index (χ0n) is 15.2. The summed E-state index contributed by atoms with van der Waals surface area (Å²) in [5.74, 6) is 1.63. The largest absolute Gasteiger partial charge is 0.494 e. The highest BCUT2D eigenvalue weighted by atomic mass is 19.1. The lowest BCUT2D eigenvalue weighted by Gasteiger charge is -2.28. The van der Waals surface area contributed by atoms with Gasteiger partial charge >= 0.3 is 0 Å². The van der Waals surface area contributed by atoms with Crippen molar-refractivity contribution in [1.82, 2.24) is 0 Å². The smallest absolute Gasteiger partial charge is 0.224 e. The molecule has 4 heteroatoms. The third kappa shape index (κ3) is 5.07. The fraction of sp³-hybridized carbons (Fsp3) is 0.409. The lowest BCUT2D eigenvalue weighted by molar-refractivity contribution is -0.117. The number of anilines is 1. The van der Waals surface area contributed by atoms with E-state index in [4.69, 9.17) is 4.74 Å². The molecule has 2 aromatic rings. The zero-order valence-corrected chi connectivity index (χ0v) is 15.2. The van der Waals surface area contributed by atoms with Crippen molar-refractivity contribution in [3.63, 3.8) is 0 Å². The van der Waals surface area contributed by atoms with E-state index < -0.39 is 0 Å². The quantitative estimate of drug-likeness (QED) is 0.740. The van der Waals surface area contributed by atoms with Crippen LogP contribution in [0.3, 0.4) is 0 Å². The van der Waals surface area contributed by atoms with Gasteiger partial charge in [-0.1, -0.05) is 12.1 Å². The third-order valence-electron chi connectivity index (χ3n) is 5.11. The summed E-state index contributed by atoms with van der Waals surface area (Å²) >= 11 is 0. The van der Waals surface area contributed by atoms with E-state index in [-0.39, 0.29) is 11.7 Å². The van der Waals surface area contributed by atoms with Crippen LogP contribution in [0.5, 0.6) is 5.75 Å². The van der Waals surface area contributed by atoms with Crippen molar-refractivity contribution < 1.29 is 13.9 Å². The van der Waals surface area contributed by atoms with E-state index in [1.54, 1.807) is 12.1 Å². The van der Waals surface area contributed by atoms with Crippen LogP contribution < -0.4 is 10.1 Å². The maximum atomic E-state index is 12.9. The number of benzene rings is 2. The Labute approximate surface area is 154 Å². The standard InChI is InChI=1S/C22H26FNO2/c1-2-26-21-13-7-18(8-14-21)17-5-3-16(4-6-17)15-22(25)24-20-11-9-19(23)10-12-20/h7-14,16-17H,2-6,15H2,1H3,(H,24,25)/t16-,17+. The molecule has 138 valence electrons. The highest BCUT2D eigenvalue weighted by Crippen LogP contribution is 2.37. The Bertz CT molecular complexity index is 704. The van der Waals surface area contributed by atoms with Crippen LogP contribution in [0.25, 0.3) is 0 Å². The molecule has 0 spiro atoms. The van der Waals surface area contributed by atoms with Gasteiger partial charge in [0.1, 0.15) is 11.6 Å². The summed E-state index contributed by atoms with van der Waals surface area (Å²) < 4.78 is 18.4. The van der Waals surface area contributed by atoms with E-state index in [1.165, 1.54) is 17.7 Å². The number of nitrogens with one attached hydrogen (secondary N) is 1. The van der Waals surface area contributed by atoms with E-state index in [0.29, 0.717) is 30.6 Å². The molecule has 26 heavy (non-hydrogen) atoms. The van der Waals surface area contributed by atoms with Gasteiger partial charge in [0, 0.05) is 12.1 Å². The second-order valence-electron chi connectivity index (χ2n) is 6.98. The summed E-state index contributed by atoms with van der Waals surface area (Å²) in [5.41, 5.74) is 2.02. The van der Waals surface area contributed by atoms with Crippen LogP contribution in [0.4, 0.5) is 10.1 Å². The fourth-order valence-electron chi connectivity index (χ4n) is 3.71. The van der Waals surface area contributed by atoms with Crippen molar-refractivity contribution in [1.29, 1.82) is 0 Å². The first kappa shape index (κ1) is 18.4. The van der Waals surface area contributed by atoms with Gasteiger partial charge in [-0.2, -0.15) is 0 Å². The Morgan fingerprint density at radius 3 is 2.31 bits per heavy atom. The predicted molar refractivity (Wildman–Crippen MR) is 102 cm³/mol. The number of hydrogen-bond donors (Lipinski definition) is 1. The third-order valence-corrected chi connectivity index (χ3v) is 5.11. The molecular weight excluding hydrogens is 329 g/mol. The Kier molecular flexibility index (Phi) is 6.26. The molecular formula is C22H26FNO2. The molecule has 0 radical (unpaired) electrons. The second-order valence-corrected chi connectivity index (χ2v) is 6.98. The van der Waals surface area contributed by atoms with Crippen molar-refractivity contribution >= 4 is 11.6 Å². The van der Waals surface area contributed by atoms with Crippen LogP contribution in [0.15, 0.2) is 48.5 Å². The Balaban J connectivity index is 1.45. The van der Waals surface area contributed by atoms with E-state index >= 15 is 0 Å². The van der Waals surface area contributed by atoms with Crippen molar-refractivity contribution in [3.05, 3.63) is 59.9 Å². The minimum absolute atomic E-state index is 0.0149. The number of halogens is 1. The van der Waals surface area contributed by atoms with Crippen molar-refractivity contribution in [2.75, 3.05) is 11.9 Å². The molecule has 0 aromatic heterocycles. The Hall–Kier alpha value is -2.36. The van der Waals surface area contributed by atoms with Gasteiger partial charge in [0.15, 0.2) is 0 Å². The molecule has 1 aliphatic rings. The summed E-state index contributed by atoms with van der Waals surface area (Å²) in [5, 5.41) is 2.86. The molecule has 0 aliphatic heterocycles. The molecule has 0 unspecified atom stereocenters. The molecule has 3 rings (SSSR count). The minimum atomic E-state index is -0.296. The maximum Gasteiger partial charge on any atom is 0.224 e. The monoisotopic (exact) mass is 355 g/mol. The number of hydrogen-bond acceptors (Lipinski definition) is 2. The number of rotatable bonds is 6.